The molecule has 0 bridgehead atoms. The van der Waals surface area contributed by atoms with E-state index in [1.54, 1.807) is 4.68 Å². The van der Waals surface area contributed by atoms with Gasteiger partial charge in [0.15, 0.2) is 5.82 Å². The molecule has 2 rings (SSSR count). The molecular formula is C10H11BrN4. The number of hydrogen-bond donors (Lipinski definition) is 2. The van der Waals surface area contributed by atoms with Gasteiger partial charge in [0.05, 0.1) is 5.69 Å². The van der Waals surface area contributed by atoms with Crippen molar-refractivity contribution in [2.24, 2.45) is 7.05 Å². The van der Waals surface area contributed by atoms with Gasteiger partial charge in [0, 0.05) is 29.5 Å². The molecule has 1 aromatic heterocycles. The molecule has 3 N–H and O–H groups in total. The van der Waals surface area contributed by atoms with E-state index < -0.39 is 0 Å². The molecule has 78 valence electrons. The number of rotatable bonds is 2. The molecule has 0 unspecified atom stereocenters. The molecule has 0 radical (unpaired) electrons. The van der Waals surface area contributed by atoms with Crippen molar-refractivity contribution in [3.63, 3.8) is 0 Å². The standard InChI is InChI=1S/C10H11BrN4/c1-15-5-4-10(14-15)13-9-3-2-7(12)6-8(9)11/h2-6H,12H2,1H3,(H,13,14). The van der Waals surface area contributed by atoms with E-state index in [1.807, 2.05) is 37.5 Å². The molecule has 0 saturated carbocycles. The van der Waals surface area contributed by atoms with E-state index >= 15 is 0 Å². The molecule has 4 nitrogen and oxygen atoms in total. The molecule has 1 heterocycles. The van der Waals surface area contributed by atoms with Gasteiger partial charge in [-0.2, -0.15) is 5.10 Å². The third kappa shape index (κ3) is 2.30. The average molecular weight is 267 g/mol. The normalized spacial score (nSPS) is 10.3. The molecule has 0 aliphatic rings. The molecule has 0 atom stereocenters. The Morgan fingerprint density at radius 3 is 2.80 bits per heavy atom. The highest BCUT2D eigenvalue weighted by Gasteiger charge is 2.02. The first-order valence-electron chi connectivity index (χ1n) is 4.47. The van der Waals surface area contributed by atoms with Crippen molar-refractivity contribution >= 4 is 33.1 Å². The van der Waals surface area contributed by atoms with E-state index in [4.69, 9.17) is 5.73 Å². The SMILES string of the molecule is Cn1ccc(Nc2ccc(N)cc2Br)n1. The minimum Gasteiger partial charge on any atom is -0.399 e. The van der Waals surface area contributed by atoms with Crippen LogP contribution in [0.15, 0.2) is 34.9 Å². The lowest BCUT2D eigenvalue weighted by Crippen LogP contribution is -1.95. The summed E-state index contributed by atoms with van der Waals surface area (Å²) in [5.41, 5.74) is 7.32. The Labute approximate surface area is 96.2 Å². The summed E-state index contributed by atoms with van der Waals surface area (Å²) in [6.45, 7) is 0. The Morgan fingerprint density at radius 1 is 1.40 bits per heavy atom. The molecule has 2 aromatic rings. The van der Waals surface area contributed by atoms with Crippen LogP contribution < -0.4 is 11.1 Å². The molecule has 0 aliphatic carbocycles. The van der Waals surface area contributed by atoms with Crippen LogP contribution in [0.5, 0.6) is 0 Å². The summed E-state index contributed by atoms with van der Waals surface area (Å²) in [6, 6.07) is 7.51. The zero-order valence-corrected chi connectivity index (χ0v) is 9.82. The maximum atomic E-state index is 5.65. The summed E-state index contributed by atoms with van der Waals surface area (Å²) >= 11 is 3.43. The lowest BCUT2D eigenvalue weighted by atomic mass is 10.3. The van der Waals surface area contributed by atoms with Gasteiger partial charge in [-0.1, -0.05) is 0 Å². The summed E-state index contributed by atoms with van der Waals surface area (Å²) < 4.78 is 2.67. The highest BCUT2D eigenvalue weighted by Crippen LogP contribution is 2.26. The fraction of sp³-hybridized carbons (Fsp3) is 0.100. The minimum absolute atomic E-state index is 0.730. The van der Waals surface area contributed by atoms with Crippen LogP contribution in [-0.4, -0.2) is 9.78 Å². The Kier molecular flexibility index (Phi) is 2.64. The summed E-state index contributed by atoms with van der Waals surface area (Å²) in [5.74, 6) is 0.808. The second-order valence-electron chi connectivity index (χ2n) is 3.24. The first-order chi connectivity index (χ1) is 7.15. The van der Waals surface area contributed by atoms with Crippen molar-refractivity contribution in [2.45, 2.75) is 0 Å². The van der Waals surface area contributed by atoms with E-state index in [2.05, 4.69) is 26.3 Å². The van der Waals surface area contributed by atoms with Crippen molar-refractivity contribution in [1.82, 2.24) is 9.78 Å². The summed E-state index contributed by atoms with van der Waals surface area (Å²) in [4.78, 5) is 0. The summed E-state index contributed by atoms with van der Waals surface area (Å²) in [7, 11) is 1.88. The van der Waals surface area contributed by atoms with E-state index in [0.717, 1.165) is 21.7 Å². The predicted molar refractivity (Wildman–Crippen MR) is 65.0 cm³/mol. The molecule has 15 heavy (non-hydrogen) atoms. The highest BCUT2D eigenvalue weighted by atomic mass is 79.9. The maximum Gasteiger partial charge on any atom is 0.152 e. The van der Waals surface area contributed by atoms with Gasteiger partial charge >= 0.3 is 0 Å². The third-order valence-corrected chi connectivity index (χ3v) is 2.63. The van der Waals surface area contributed by atoms with Crippen molar-refractivity contribution in [2.75, 3.05) is 11.1 Å². The Hall–Kier alpha value is -1.49. The van der Waals surface area contributed by atoms with Gasteiger partial charge in [-0.15, -0.1) is 0 Å². The van der Waals surface area contributed by atoms with Gasteiger partial charge in [0.2, 0.25) is 0 Å². The molecule has 0 fully saturated rings. The number of nitrogens with one attached hydrogen (secondary N) is 1. The van der Waals surface area contributed by atoms with Crippen LogP contribution in [0, 0.1) is 0 Å². The van der Waals surface area contributed by atoms with Crippen molar-refractivity contribution in [3.05, 3.63) is 34.9 Å². The number of benzene rings is 1. The lowest BCUT2D eigenvalue weighted by molar-refractivity contribution is 0.771. The fourth-order valence-electron chi connectivity index (χ4n) is 1.25. The second kappa shape index (κ2) is 3.94. The predicted octanol–water partition coefficient (Wildman–Crippen LogP) is 2.51. The van der Waals surface area contributed by atoms with Crippen molar-refractivity contribution in [1.29, 1.82) is 0 Å². The van der Waals surface area contributed by atoms with Gasteiger partial charge in [-0.3, -0.25) is 4.68 Å². The number of aromatic nitrogens is 2. The third-order valence-electron chi connectivity index (χ3n) is 1.97. The lowest BCUT2D eigenvalue weighted by Gasteiger charge is -2.06. The summed E-state index contributed by atoms with van der Waals surface area (Å²) in [5, 5.41) is 7.41. The number of halogens is 1. The zero-order valence-electron chi connectivity index (χ0n) is 8.24. The van der Waals surface area contributed by atoms with Crippen molar-refractivity contribution < 1.29 is 0 Å². The monoisotopic (exact) mass is 266 g/mol. The van der Waals surface area contributed by atoms with Gasteiger partial charge in [0.1, 0.15) is 0 Å². The van der Waals surface area contributed by atoms with Crippen LogP contribution in [0.3, 0.4) is 0 Å². The number of nitrogen functional groups attached to an aromatic ring is 1. The van der Waals surface area contributed by atoms with Crippen LogP contribution in [0.25, 0.3) is 0 Å². The average Bonchev–Trinajstić information content (AvgIpc) is 2.56. The maximum absolute atomic E-state index is 5.65. The molecule has 1 aromatic carbocycles. The minimum atomic E-state index is 0.730. The molecule has 5 heteroatoms. The van der Waals surface area contributed by atoms with Gasteiger partial charge in [-0.05, 0) is 34.1 Å². The fourth-order valence-corrected chi connectivity index (χ4v) is 1.75. The van der Waals surface area contributed by atoms with Crippen LogP contribution in [0.2, 0.25) is 0 Å². The van der Waals surface area contributed by atoms with E-state index in [9.17, 15) is 0 Å². The van der Waals surface area contributed by atoms with Crippen LogP contribution in [0.1, 0.15) is 0 Å². The van der Waals surface area contributed by atoms with Crippen LogP contribution in [-0.2, 0) is 7.05 Å². The number of anilines is 3. The first kappa shape index (κ1) is 10.0. The van der Waals surface area contributed by atoms with Crippen LogP contribution >= 0.6 is 15.9 Å². The molecule has 0 amide bonds. The summed E-state index contributed by atoms with van der Waals surface area (Å²) in [6.07, 6.45) is 1.88. The van der Waals surface area contributed by atoms with Gasteiger partial charge in [0.25, 0.3) is 0 Å². The highest BCUT2D eigenvalue weighted by molar-refractivity contribution is 9.10. The van der Waals surface area contributed by atoms with E-state index in [0.29, 0.717) is 0 Å². The zero-order chi connectivity index (χ0) is 10.8. The topological polar surface area (TPSA) is 55.9 Å². The van der Waals surface area contributed by atoms with E-state index in [-0.39, 0.29) is 0 Å². The number of hydrogen-bond acceptors (Lipinski definition) is 3. The Bertz CT molecular complexity index is 478. The number of nitrogens with two attached hydrogens (primary N) is 1. The molecule has 0 saturated heterocycles. The quantitative estimate of drug-likeness (QED) is 0.822. The van der Waals surface area contributed by atoms with Crippen molar-refractivity contribution in [3.8, 4) is 0 Å². The van der Waals surface area contributed by atoms with Gasteiger partial charge < -0.3 is 11.1 Å². The second-order valence-corrected chi connectivity index (χ2v) is 4.09. The van der Waals surface area contributed by atoms with E-state index in [1.165, 1.54) is 0 Å². The Morgan fingerprint density at radius 2 is 2.20 bits per heavy atom. The Balaban J connectivity index is 2.24. The van der Waals surface area contributed by atoms with Crippen LogP contribution in [0.4, 0.5) is 17.2 Å². The number of nitrogens with zero attached hydrogens (tertiary/aromatic N) is 2. The smallest absolute Gasteiger partial charge is 0.152 e. The molecular weight excluding hydrogens is 256 g/mol. The van der Waals surface area contributed by atoms with Gasteiger partial charge in [-0.25, -0.2) is 0 Å². The molecule has 0 aliphatic heterocycles. The number of aryl methyl sites for hydroxylation is 1. The first-order valence-corrected chi connectivity index (χ1v) is 5.26. The largest absolute Gasteiger partial charge is 0.399 e. The molecule has 0 spiro atoms.